The number of aromatic nitrogens is 1. The smallest absolute Gasteiger partial charge is 0.151 e. The molecule has 0 aromatic carbocycles. The van der Waals surface area contributed by atoms with E-state index in [-0.39, 0.29) is 0 Å². The molecule has 0 unspecified atom stereocenters. The fraction of sp³-hybridized carbons (Fsp3) is 0.700. The van der Waals surface area contributed by atoms with Crippen LogP contribution >= 0.6 is 0 Å². The van der Waals surface area contributed by atoms with E-state index in [1.165, 1.54) is 19.4 Å². The van der Waals surface area contributed by atoms with Gasteiger partial charge in [-0.3, -0.25) is 4.90 Å². The normalized spacial score (nSPS) is 16.5. The van der Waals surface area contributed by atoms with E-state index < -0.39 is 0 Å². The summed E-state index contributed by atoms with van der Waals surface area (Å²) in [5, 5.41) is 3.86. The van der Waals surface area contributed by atoms with Gasteiger partial charge in [-0.05, 0) is 25.8 Å². The van der Waals surface area contributed by atoms with Crippen LogP contribution in [0.3, 0.4) is 0 Å². The summed E-state index contributed by atoms with van der Waals surface area (Å²) in [6.07, 6.45) is 2.77. The Morgan fingerprint density at radius 1 is 1.64 bits per heavy atom. The molecule has 1 heterocycles. The summed E-state index contributed by atoms with van der Waals surface area (Å²) in [7, 11) is 2.11. The largest absolute Gasteiger partial charge is 0.360 e. The van der Waals surface area contributed by atoms with E-state index >= 15 is 0 Å². The second kappa shape index (κ2) is 4.11. The summed E-state index contributed by atoms with van der Waals surface area (Å²) >= 11 is 0. The predicted molar refractivity (Wildman–Crippen MR) is 53.5 cm³/mol. The Balaban J connectivity index is 1.82. The van der Waals surface area contributed by atoms with E-state index in [1.54, 1.807) is 0 Å². The molecule has 4 nitrogen and oxygen atoms in total. The average Bonchev–Trinajstić information content (AvgIpc) is 2.83. The zero-order chi connectivity index (χ0) is 9.97. The average molecular weight is 195 g/mol. The van der Waals surface area contributed by atoms with Gasteiger partial charge in [0.1, 0.15) is 0 Å². The summed E-state index contributed by atoms with van der Waals surface area (Å²) in [5.41, 5.74) is 6.28. The molecule has 1 aliphatic carbocycles. The Labute approximate surface area is 84.0 Å². The minimum Gasteiger partial charge on any atom is -0.360 e. The molecule has 1 fully saturated rings. The molecule has 4 heteroatoms. The van der Waals surface area contributed by atoms with Crippen LogP contribution in [0.1, 0.15) is 24.3 Å². The predicted octanol–water partition coefficient (Wildman–Crippen LogP) is 0.975. The van der Waals surface area contributed by atoms with Crippen LogP contribution in [0.15, 0.2) is 10.6 Å². The van der Waals surface area contributed by atoms with Crippen molar-refractivity contribution in [3.05, 3.63) is 17.5 Å². The van der Waals surface area contributed by atoms with Gasteiger partial charge in [-0.15, -0.1) is 0 Å². The topological polar surface area (TPSA) is 55.3 Å². The molecule has 0 spiro atoms. The number of hydrogen-bond donors (Lipinski definition) is 1. The molecule has 0 bridgehead atoms. The third-order valence-electron chi connectivity index (χ3n) is 2.51. The van der Waals surface area contributed by atoms with Crippen LogP contribution in [-0.2, 0) is 13.1 Å². The maximum absolute atomic E-state index is 5.45. The fourth-order valence-electron chi connectivity index (χ4n) is 1.60. The molecular formula is C10H17N3O. The van der Waals surface area contributed by atoms with Crippen LogP contribution in [0, 0.1) is 5.92 Å². The Hall–Kier alpha value is -0.870. The van der Waals surface area contributed by atoms with Crippen molar-refractivity contribution in [1.82, 2.24) is 10.1 Å². The van der Waals surface area contributed by atoms with Gasteiger partial charge in [0.15, 0.2) is 5.76 Å². The summed E-state index contributed by atoms with van der Waals surface area (Å²) in [6, 6.07) is 1.93. The highest BCUT2D eigenvalue weighted by atomic mass is 16.5. The summed E-state index contributed by atoms with van der Waals surface area (Å²) in [4.78, 5) is 2.28. The van der Waals surface area contributed by atoms with Crippen LogP contribution in [0.25, 0.3) is 0 Å². The Morgan fingerprint density at radius 2 is 2.43 bits per heavy atom. The van der Waals surface area contributed by atoms with Crippen LogP contribution in [0.4, 0.5) is 0 Å². The van der Waals surface area contributed by atoms with Crippen LogP contribution < -0.4 is 5.73 Å². The van der Waals surface area contributed by atoms with Gasteiger partial charge >= 0.3 is 0 Å². The maximum atomic E-state index is 5.45. The molecule has 0 atom stereocenters. The van der Waals surface area contributed by atoms with Crippen molar-refractivity contribution in [2.24, 2.45) is 11.7 Å². The fourth-order valence-corrected chi connectivity index (χ4v) is 1.60. The van der Waals surface area contributed by atoms with E-state index in [0.717, 1.165) is 23.9 Å². The van der Waals surface area contributed by atoms with Crippen molar-refractivity contribution in [2.75, 3.05) is 13.6 Å². The van der Waals surface area contributed by atoms with Gasteiger partial charge in [-0.25, -0.2) is 0 Å². The second-order valence-electron chi connectivity index (χ2n) is 4.13. The Kier molecular flexibility index (Phi) is 2.84. The van der Waals surface area contributed by atoms with Crippen molar-refractivity contribution in [2.45, 2.75) is 25.9 Å². The third-order valence-corrected chi connectivity index (χ3v) is 2.51. The zero-order valence-corrected chi connectivity index (χ0v) is 8.57. The highest BCUT2D eigenvalue weighted by Crippen LogP contribution is 2.29. The van der Waals surface area contributed by atoms with Crippen molar-refractivity contribution in [3.8, 4) is 0 Å². The first-order chi connectivity index (χ1) is 6.78. The van der Waals surface area contributed by atoms with Crippen molar-refractivity contribution in [3.63, 3.8) is 0 Å². The summed E-state index contributed by atoms with van der Waals surface area (Å²) in [6.45, 7) is 2.46. The monoisotopic (exact) mass is 195 g/mol. The molecule has 1 saturated carbocycles. The van der Waals surface area contributed by atoms with Crippen molar-refractivity contribution in [1.29, 1.82) is 0 Å². The van der Waals surface area contributed by atoms with Crippen LogP contribution in [0.2, 0.25) is 0 Å². The summed E-state index contributed by atoms with van der Waals surface area (Å²) < 4.78 is 5.16. The summed E-state index contributed by atoms with van der Waals surface area (Å²) in [5.74, 6) is 1.82. The second-order valence-corrected chi connectivity index (χ2v) is 4.13. The van der Waals surface area contributed by atoms with Gasteiger partial charge in [0.25, 0.3) is 0 Å². The van der Waals surface area contributed by atoms with E-state index in [4.69, 9.17) is 10.3 Å². The van der Waals surface area contributed by atoms with E-state index in [1.807, 2.05) is 6.07 Å². The lowest BCUT2D eigenvalue weighted by atomic mass is 10.3. The van der Waals surface area contributed by atoms with Gasteiger partial charge in [0.05, 0.1) is 12.2 Å². The van der Waals surface area contributed by atoms with E-state index in [2.05, 4.69) is 17.1 Å². The molecule has 1 aliphatic rings. The lowest BCUT2D eigenvalue weighted by Gasteiger charge is -2.13. The Morgan fingerprint density at radius 3 is 3.00 bits per heavy atom. The standard InChI is InChI=1S/C10H17N3O/c1-13(6-8-2-3-8)7-10-4-9(5-11)12-14-10/h4,8H,2-3,5-7,11H2,1H3. The molecule has 1 aromatic heterocycles. The zero-order valence-electron chi connectivity index (χ0n) is 8.57. The first kappa shape index (κ1) is 9.68. The number of nitrogens with two attached hydrogens (primary N) is 1. The lowest BCUT2D eigenvalue weighted by Crippen LogP contribution is -2.19. The van der Waals surface area contributed by atoms with Gasteiger partial charge in [0, 0.05) is 19.2 Å². The van der Waals surface area contributed by atoms with E-state index in [9.17, 15) is 0 Å². The number of hydrogen-bond acceptors (Lipinski definition) is 4. The molecule has 0 amide bonds. The Bertz CT molecular complexity index is 293. The molecule has 1 aromatic rings. The highest BCUT2D eigenvalue weighted by Gasteiger charge is 2.23. The molecule has 0 radical (unpaired) electrons. The van der Waals surface area contributed by atoms with Crippen LogP contribution in [0.5, 0.6) is 0 Å². The first-order valence-corrected chi connectivity index (χ1v) is 5.11. The van der Waals surface area contributed by atoms with Crippen molar-refractivity contribution < 1.29 is 4.52 Å². The highest BCUT2D eigenvalue weighted by molar-refractivity contribution is 5.04. The van der Waals surface area contributed by atoms with Gasteiger partial charge in [-0.2, -0.15) is 0 Å². The number of rotatable bonds is 5. The quantitative estimate of drug-likeness (QED) is 0.760. The third kappa shape index (κ3) is 2.56. The molecule has 0 aliphatic heterocycles. The first-order valence-electron chi connectivity index (χ1n) is 5.11. The molecule has 78 valence electrons. The van der Waals surface area contributed by atoms with Gasteiger partial charge < -0.3 is 10.3 Å². The molecular weight excluding hydrogens is 178 g/mol. The minimum absolute atomic E-state index is 0.454. The van der Waals surface area contributed by atoms with Gasteiger partial charge in [0.2, 0.25) is 0 Å². The lowest BCUT2D eigenvalue weighted by molar-refractivity contribution is 0.264. The molecule has 2 N–H and O–H groups in total. The van der Waals surface area contributed by atoms with Crippen molar-refractivity contribution >= 4 is 0 Å². The SMILES string of the molecule is CN(Cc1cc(CN)no1)CC1CC1. The molecule has 14 heavy (non-hydrogen) atoms. The molecule has 0 saturated heterocycles. The van der Waals surface area contributed by atoms with Gasteiger partial charge in [-0.1, -0.05) is 5.16 Å². The van der Waals surface area contributed by atoms with Crippen LogP contribution in [-0.4, -0.2) is 23.6 Å². The van der Waals surface area contributed by atoms with E-state index in [0.29, 0.717) is 6.54 Å². The number of nitrogens with zero attached hydrogens (tertiary/aromatic N) is 2. The maximum Gasteiger partial charge on any atom is 0.151 e. The molecule has 2 rings (SSSR count). The minimum atomic E-state index is 0.454.